The standard InChI is InChI=1S/C19H26N4O2/c1-12(2)16-8-6-7-9-17(16)23-15(5)20-18(21-23)19(24)22-10-14(4)25-11-13(22)3/h6-9,12-14H,10-11H2,1-5H3/t13-,14-/m0/s1. The molecule has 1 aliphatic heterocycles. The van der Waals surface area contributed by atoms with E-state index in [0.717, 1.165) is 5.69 Å². The van der Waals surface area contributed by atoms with Crippen molar-refractivity contribution in [2.24, 2.45) is 0 Å². The van der Waals surface area contributed by atoms with E-state index in [4.69, 9.17) is 4.74 Å². The van der Waals surface area contributed by atoms with E-state index in [1.54, 1.807) is 4.68 Å². The fourth-order valence-corrected chi connectivity index (χ4v) is 3.19. The van der Waals surface area contributed by atoms with E-state index >= 15 is 0 Å². The molecule has 0 N–H and O–H groups in total. The Morgan fingerprint density at radius 2 is 2.00 bits per heavy atom. The number of hydrogen-bond acceptors (Lipinski definition) is 4. The van der Waals surface area contributed by atoms with Crippen LogP contribution in [0.5, 0.6) is 0 Å². The van der Waals surface area contributed by atoms with Gasteiger partial charge in [0.05, 0.1) is 24.4 Å². The van der Waals surface area contributed by atoms with Gasteiger partial charge in [-0.25, -0.2) is 9.67 Å². The number of morpholine rings is 1. The van der Waals surface area contributed by atoms with E-state index < -0.39 is 0 Å². The first-order valence-corrected chi connectivity index (χ1v) is 8.84. The van der Waals surface area contributed by atoms with E-state index in [2.05, 4.69) is 30.0 Å². The number of rotatable bonds is 3. The summed E-state index contributed by atoms with van der Waals surface area (Å²) in [6.07, 6.45) is 0.0324. The van der Waals surface area contributed by atoms with Gasteiger partial charge in [-0.15, -0.1) is 5.10 Å². The van der Waals surface area contributed by atoms with Gasteiger partial charge in [0.1, 0.15) is 5.82 Å². The number of hydrogen-bond donors (Lipinski definition) is 0. The molecular weight excluding hydrogens is 316 g/mol. The van der Waals surface area contributed by atoms with Gasteiger partial charge in [-0.3, -0.25) is 4.79 Å². The lowest BCUT2D eigenvalue weighted by molar-refractivity contribution is -0.0391. The SMILES string of the molecule is Cc1nc(C(=O)N2C[C@H](C)OC[C@@H]2C)nn1-c1ccccc1C(C)C. The second kappa shape index (κ2) is 6.96. The minimum absolute atomic E-state index is 0.0268. The molecular formula is C19H26N4O2. The van der Waals surface area contributed by atoms with Crippen molar-refractivity contribution in [1.82, 2.24) is 19.7 Å². The van der Waals surface area contributed by atoms with Crippen LogP contribution < -0.4 is 0 Å². The molecule has 1 aromatic carbocycles. The van der Waals surface area contributed by atoms with Crippen LogP contribution >= 0.6 is 0 Å². The molecule has 0 saturated carbocycles. The second-order valence-corrected chi connectivity index (χ2v) is 7.06. The summed E-state index contributed by atoms with van der Waals surface area (Å²) in [7, 11) is 0. The van der Waals surface area contributed by atoms with Crippen molar-refractivity contribution in [3.63, 3.8) is 0 Å². The molecule has 0 aliphatic carbocycles. The molecule has 1 saturated heterocycles. The highest BCUT2D eigenvalue weighted by atomic mass is 16.5. The zero-order valence-electron chi connectivity index (χ0n) is 15.6. The molecule has 0 unspecified atom stereocenters. The summed E-state index contributed by atoms with van der Waals surface area (Å²) in [5.41, 5.74) is 2.16. The Balaban J connectivity index is 1.94. The molecule has 2 heterocycles. The molecule has 1 fully saturated rings. The first-order valence-electron chi connectivity index (χ1n) is 8.84. The first-order chi connectivity index (χ1) is 11.9. The summed E-state index contributed by atoms with van der Waals surface area (Å²) >= 11 is 0. The summed E-state index contributed by atoms with van der Waals surface area (Å²) in [6.45, 7) is 11.2. The highest BCUT2D eigenvalue weighted by Crippen LogP contribution is 2.23. The summed E-state index contributed by atoms with van der Waals surface area (Å²) in [6, 6.07) is 8.14. The van der Waals surface area contributed by atoms with Gasteiger partial charge in [-0.05, 0) is 38.3 Å². The number of ether oxygens (including phenoxy) is 1. The highest BCUT2D eigenvalue weighted by molar-refractivity contribution is 5.90. The maximum atomic E-state index is 12.9. The van der Waals surface area contributed by atoms with Crippen molar-refractivity contribution in [3.8, 4) is 5.69 Å². The third kappa shape index (κ3) is 3.44. The van der Waals surface area contributed by atoms with Crippen LogP contribution in [0.3, 0.4) is 0 Å². The molecule has 134 valence electrons. The fraction of sp³-hybridized carbons (Fsp3) is 0.526. The van der Waals surface area contributed by atoms with Crippen molar-refractivity contribution in [2.75, 3.05) is 13.2 Å². The van der Waals surface area contributed by atoms with Gasteiger partial charge >= 0.3 is 0 Å². The molecule has 0 radical (unpaired) electrons. The van der Waals surface area contributed by atoms with Crippen LogP contribution in [0, 0.1) is 6.92 Å². The predicted molar refractivity (Wildman–Crippen MR) is 96.1 cm³/mol. The lowest BCUT2D eigenvalue weighted by Gasteiger charge is -2.36. The Hall–Kier alpha value is -2.21. The lowest BCUT2D eigenvalue weighted by atomic mass is 10.0. The number of nitrogens with zero attached hydrogens (tertiary/aromatic N) is 4. The molecule has 2 aromatic rings. The predicted octanol–water partition coefficient (Wildman–Crippen LogP) is 2.95. The van der Waals surface area contributed by atoms with Crippen LogP contribution in [0.25, 0.3) is 5.69 Å². The normalized spacial score (nSPS) is 21.0. The Morgan fingerprint density at radius 1 is 1.28 bits per heavy atom. The summed E-state index contributed by atoms with van der Waals surface area (Å²) < 4.78 is 7.38. The van der Waals surface area contributed by atoms with Crippen molar-refractivity contribution < 1.29 is 9.53 Å². The number of carbonyl (C=O) groups is 1. The van der Waals surface area contributed by atoms with E-state index in [9.17, 15) is 4.79 Å². The maximum Gasteiger partial charge on any atom is 0.293 e. The van der Waals surface area contributed by atoms with Crippen LogP contribution in [0.4, 0.5) is 0 Å². The number of aryl methyl sites for hydroxylation is 1. The topological polar surface area (TPSA) is 60.3 Å². The van der Waals surface area contributed by atoms with Crippen molar-refractivity contribution in [1.29, 1.82) is 0 Å². The Kier molecular flexibility index (Phi) is 4.90. The van der Waals surface area contributed by atoms with E-state index in [1.165, 1.54) is 5.56 Å². The zero-order valence-corrected chi connectivity index (χ0v) is 15.6. The third-order valence-electron chi connectivity index (χ3n) is 4.62. The van der Waals surface area contributed by atoms with Gasteiger partial charge in [-0.2, -0.15) is 0 Å². The van der Waals surface area contributed by atoms with Crippen LogP contribution in [-0.2, 0) is 4.74 Å². The zero-order chi connectivity index (χ0) is 18.1. The largest absolute Gasteiger partial charge is 0.375 e. The van der Waals surface area contributed by atoms with Crippen LogP contribution in [0.1, 0.15) is 55.6 Å². The van der Waals surface area contributed by atoms with Gasteiger partial charge in [0.15, 0.2) is 0 Å². The van der Waals surface area contributed by atoms with Crippen LogP contribution in [0.15, 0.2) is 24.3 Å². The van der Waals surface area contributed by atoms with Crippen LogP contribution in [-0.4, -0.2) is 50.9 Å². The van der Waals surface area contributed by atoms with E-state index in [-0.39, 0.29) is 23.9 Å². The molecule has 6 nitrogen and oxygen atoms in total. The van der Waals surface area contributed by atoms with Crippen molar-refractivity contribution in [3.05, 3.63) is 41.5 Å². The molecule has 1 aliphatic rings. The number of para-hydroxylation sites is 1. The van der Waals surface area contributed by atoms with E-state index in [0.29, 0.717) is 24.9 Å². The molecule has 6 heteroatoms. The maximum absolute atomic E-state index is 12.9. The minimum atomic E-state index is -0.133. The smallest absolute Gasteiger partial charge is 0.293 e. The van der Waals surface area contributed by atoms with Crippen LogP contribution in [0.2, 0.25) is 0 Å². The molecule has 2 atom stereocenters. The molecule has 25 heavy (non-hydrogen) atoms. The molecule has 1 amide bonds. The van der Waals surface area contributed by atoms with Gasteiger partial charge in [-0.1, -0.05) is 32.0 Å². The number of amides is 1. The third-order valence-corrected chi connectivity index (χ3v) is 4.62. The summed E-state index contributed by atoms with van der Waals surface area (Å²) in [4.78, 5) is 19.2. The number of aromatic nitrogens is 3. The monoisotopic (exact) mass is 342 g/mol. The van der Waals surface area contributed by atoms with Gasteiger partial charge < -0.3 is 9.64 Å². The molecule has 0 spiro atoms. The van der Waals surface area contributed by atoms with E-state index in [1.807, 2.05) is 43.9 Å². The summed E-state index contributed by atoms with van der Waals surface area (Å²) in [5.74, 6) is 1.19. The minimum Gasteiger partial charge on any atom is -0.375 e. The lowest BCUT2D eigenvalue weighted by Crippen LogP contribution is -2.50. The Labute approximate surface area is 148 Å². The summed E-state index contributed by atoms with van der Waals surface area (Å²) in [5, 5.41) is 4.53. The number of benzene rings is 1. The average molecular weight is 342 g/mol. The van der Waals surface area contributed by atoms with Crippen molar-refractivity contribution >= 4 is 5.91 Å². The highest BCUT2D eigenvalue weighted by Gasteiger charge is 2.31. The average Bonchev–Trinajstić information content (AvgIpc) is 2.98. The molecule has 1 aromatic heterocycles. The van der Waals surface area contributed by atoms with Gasteiger partial charge in [0.2, 0.25) is 5.82 Å². The second-order valence-electron chi connectivity index (χ2n) is 7.06. The number of carbonyl (C=O) groups excluding carboxylic acids is 1. The Morgan fingerprint density at radius 3 is 2.72 bits per heavy atom. The first kappa shape index (κ1) is 17.6. The van der Waals surface area contributed by atoms with Gasteiger partial charge in [0, 0.05) is 6.54 Å². The fourth-order valence-electron chi connectivity index (χ4n) is 3.19. The van der Waals surface area contributed by atoms with Crippen molar-refractivity contribution in [2.45, 2.75) is 52.7 Å². The van der Waals surface area contributed by atoms with Gasteiger partial charge in [0.25, 0.3) is 5.91 Å². The quantitative estimate of drug-likeness (QED) is 0.860. The Bertz CT molecular complexity index is 769. The molecule has 0 bridgehead atoms. The molecule has 3 rings (SSSR count).